The smallest absolute Gasteiger partial charge is 0.234 e. The van der Waals surface area contributed by atoms with Gasteiger partial charge in [0.1, 0.15) is 0 Å². The molecule has 0 saturated heterocycles. The third-order valence-electron chi connectivity index (χ3n) is 2.61. The fourth-order valence-corrected chi connectivity index (χ4v) is 2.44. The maximum Gasteiger partial charge on any atom is 0.234 e. The topological polar surface area (TPSA) is 55.1 Å². The van der Waals surface area contributed by atoms with Gasteiger partial charge in [0, 0.05) is 10.6 Å². The van der Waals surface area contributed by atoms with Crippen molar-refractivity contribution in [3.05, 3.63) is 24.3 Å². The summed E-state index contributed by atoms with van der Waals surface area (Å²) in [5.74, 6) is -0.484. The van der Waals surface area contributed by atoms with Gasteiger partial charge < -0.3 is 11.1 Å². The Morgan fingerprint density at radius 3 is 2.28 bits per heavy atom. The maximum atomic E-state index is 12.1. The molecule has 0 bridgehead atoms. The minimum atomic E-state index is -0.430. The standard InChI is InChI=1S/C13H18N2OS2/c1-8(2)11(12(14)17)13(16)15-9-4-6-10(18-3)7-5-9/h4-8,11H,1-3H3,(H2,14,17)(H,15,16). The van der Waals surface area contributed by atoms with Crippen molar-refractivity contribution in [3.8, 4) is 0 Å². The molecule has 1 rings (SSSR count). The third kappa shape index (κ3) is 3.99. The molecule has 0 fully saturated rings. The van der Waals surface area contributed by atoms with Crippen LogP contribution in [0.1, 0.15) is 13.8 Å². The molecule has 1 unspecified atom stereocenters. The molecule has 3 N–H and O–H groups in total. The van der Waals surface area contributed by atoms with Gasteiger partial charge in [0.15, 0.2) is 0 Å². The summed E-state index contributed by atoms with van der Waals surface area (Å²) in [6.07, 6.45) is 2.01. The first-order chi connectivity index (χ1) is 8.45. The van der Waals surface area contributed by atoms with E-state index in [1.54, 1.807) is 11.8 Å². The molecule has 0 saturated carbocycles. The number of carbonyl (C=O) groups excluding carboxylic acids is 1. The Hall–Kier alpha value is -1.07. The van der Waals surface area contributed by atoms with E-state index in [1.165, 1.54) is 0 Å². The molecule has 0 radical (unpaired) electrons. The van der Waals surface area contributed by atoms with Crippen molar-refractivity contribution in [2.24, 2.45) is 17.6 Å². The van der Waals surface area contributed by atoms with Gasteiger partial charge in [-0.2, -0.15) is 0 Å². The number of thiocarbonyl (C=S) groups is 1. The highest BCUT2D eigenvalue weighted by atomic mass is 32.2. The second kappa shape index (κ2) is 6.75. The Kier molecular flexibility index (Phi) is 5.62. The number of nitrogens with two attached hydrogens (primary N) is 1. The van der Waals surface area contributed by atoms with E-state index in [0.29, 0.717) is 0 Å². The van der Waals surface area contributed by atoms with Gasteiger partial charge in [-0.25, -0.2) is 0 Å². The summed E-state index contributed by atoms with van der Waals surface area (Å²) in [6.45, 7) is 3.86. The molecule has 0 aliphatic carbocycles. The van der Waals surface area contributed by atoms with E-state index in [4.69, 9.17) is 18.0 Å². The molecule has 98 valence electrons. The predicted octanol–water partition coefficient (Wildman–Crippen LogP) is 2.91. The average Bonchev–Trinajstić information content (AvgIpc) is 2.28. The first kappa shape index (κ1) is 15.0. The first-order valence-electron chi connectivity index (χ1n) is 5.70. The van der Waals surface area contributed by atoms with Crippen LogP contribution in [0.3, 0.4) is 0 Å². The average molecular weight is 282 g/mol. The quantitative estimate of drug-likeness (QED) is 0.644. The lowest BCUT2D eigenvalue weighted by molar-refractivity contribution is -0.118. The van der Waals surface area contributed by atoms with Crippen LogP contribution in [0.2, 0.25) is 0 Å². The van der Waals surface area contributed by atoms with E-state index < -0.39 is 5.92 Å². The van der Waals surface area contributed by atoms with Crippen LogP contribution >= 0.6 is 24.0 Å². The Bertz CT molecular complexity index is 429. The Morgan fingerprint density at radius 2 is 1.89 bits per heavy atom. The number of hydrogen-bond donors (Lipinski definition) is 2. The van der Waals surface area contributed by atoms with Gasteiger partial charge in [0.25, 0.3) is 0 Å². The van der Waals surface area contributed by atoms with E-state index in [2.05, 4.69) is 5.32 Å². The maximum absolute atomic E-state index is 12.1. The molecule has 1 aromatic carbocycles. The monoisotopic (exact) mass is 282 g/mol. The van der Waals surface area contributed by atoms with Crippen molar-refractivity contribution in [1.29, 1.82) is 0 Å². The lowest BCUT2D eigenvalue weighted by atomic mass is 9.95. The number of benzene rings is 1. The molecule has 1 aromatic rings. The van der Waals surface area contributed by atoms with Crippen LogP contribution in [-0.2, 0) is 4.79 Å². The van der Waals surface area contributed by atoms with Gasteiger partial charge in [-0.05, 0) is 36.4 Å². The van der Waals surface area contributed by atoms with Crippen molar-refractivity contribution in [1.82, 2.24) is 0 Å². The van der Waals surface area contributed by atoms with Crippen molar-refractivity contribution in [2.45, 2.75) is 18.7 Å². The summed E-state index contributed by atoms with van der Waals surface area (Å²) < 4.78 is 0. The summed E-state index contributed by atoms with van der Waals surface area (Å²) in [6, 6.07) is 7.68. The van der Waals surface area contributed by atoms with Gasteiger partial charge in [-0.1, -0.05) is 26.1 Å². The number of nitrogens with one attached hydrogen (secondary N) is 1. The lowest BCUT2D eigenvalue weighted by Crippen LogP contribution is -2.36. The number of amides is 1. The van der Waals surface area contributed by atoms with E-state index in [-0.39, 0.29) is 16.8 Å². The highest BCUT2D eigenvalue weighted by Gasteiger charge is 2.24. The molecule has 0 aliphatic rings. The molecule has 5 heteroatoms. The van der Waals surface area contributed by atoms with Crippen LogP contribution < -0.4 is 11.1 Å². The van der Waals surface area contributed by atoms with Crippen molar-refractivity contribution >= 4 is 40.6 Å². The number of carbonyl (C=O) groups is 1. The third-order valence-corrected chi connectivity index (χ3v) is 3.61. The molecule has 1 atom stereocenters. The van der Waals surface area contributed by atoms with E-state index >= 15 is 0 Å². The van der Waals surface area contributed by atoms with Crippen LogP contribution in [0.4, 0.5) is 5.69 Å². The summed E-state index contributed by atoms with van der Waals surface area (Å²) in [5.41, 5.74) is 6.37. The summed E-state index contributed by atoms with van der Waals surface area (Å²) in [7, 11) is 0. The molecule has 0 spiro atoms. The minimum absolute atomic E-state index is 0.0907. The molecule has 1 amide bonds. The van der Waals surface area contributed by atoms with Gasteiger partial charge >= 0.3 is 0 Å². The van der Waals surface area contributed by atoms with Crippen molar-refractivity contribution < 1.29 is 4.79 Å². The summed E-state index contributed by atoms with van der Waals surface area (Å²) in [5, 5.41) is 2.84. The first-order valence-corrected chi connectivity index (χ1v) is 7.33. The van der Waals surface area contributed by atoms with Gasteiger partial charge in [-0.3, -0.25) is 4.79 Å². The Morgan fingerprint density at radius 1 is 1.33 bits per heavy atom. The Balaban J connectivity index is 2.76. The zero-order valence-electron chi connectivity index (χ0n) is 10.8. The second-order valence-corrected chi connectivity index (χ2v) is 5.69. The molecule has 0 aliphatic heterocycles. The predicted molar refractivity (Wildman–Crippen MR) is 82.0 cm³/mol. The van der Waals surface area contributed by atoms with E-state index in [0.717, 1.165) is 10.6 Å². The van der Waals surface area contributed by atoms with Crippen LogP contribution in [0, 0.1) is 11.8 Å². The molecule has 3 nitrogen and oxygen atoms in total. The zero-order chi connectivity index (χ0) is 13.7. The molecule has 0 aromatic heterocycles. The number of hydrogen-bond acceptors (Lipinski definition) is 3. The van der Waals surface area contributed by atoms with Crippen LogP contribution in [-0.4, -0.2) is 17.2 Å². The molecule has 0 heterocycles. The van der Waals surface area contributed by atoms with Crippen molar-refractivity contribution in [3.63, 3.8) is 0 Å². The molecular formula is C13H18N2OS2. The summed E-state index contributed by atoms with van der Waals surface area (Å²) in [4.78, 5) is 13.5. The highest BCUT2D eigenvalue weighted by Crippen LogP contribution is 2.19. The number of anilines is 1. The fourth-order valence-electron chi connectivity index (χ4n) is 1.65. The van der Waals surface area contributed by atoms with Crippen LogP contribution in [0.25, 0.3) is 0 Å². The minimum Gasteiger partial charge on any atom is -0.393 e. The lowest BCUT2D eigenvalue weighted by Gasteiger charge is -2.18. The summed E-state index contributed by atoms with van der Waals surface area (Å²) >= 11 is 6.60. The van der Waals surface area contributed by atoms with E-state index in [9.17, 15) is 4.79 Å². The largest absolute Gasteiger partial charge is 0.393 e. The van der Waals surface area contributed by atoms with Gasteiger partial charge in [-0.15, -0.1) is 11.8 Å². The SMILES string of the molecule is CSc1ccc(NC(=O)C(C(N)=S)C(C)C)cc1. The second-order valence-electron chi connectivity index (χ2n) is 4.34. The van der Waals surface area contributed by atoms with E-state index in [1.807, 2.05) is 44.4 Å². The van der Waals surface area contributed by atoms with Crippen LogP contribution in [0.15, 0.2) is 29.2 Å². The van der Waals surface area contributed by atoms with Crippen LogP contribution in [0.5, 0.6) is 0 Å². The Labute approximate surface area is 118 Å². The normalized spacial score (nSPS) is 12.2. The fraction of sp³-hybridized carbons (Fsp3) is 0.385. The number of thioether (sulfide) groups is 1. The number of rotatable bonds is 5. The van der Waals surface area contributed by atoms with Gasteiger partial charge in [0.2, 0.25) is 5.91 Å². The molecule has 18 heavy (non-hydrogen) atoms. The highest BCUT2D eigenvalue weighted by molar-refractivity contribution is 7.98. The molecular weight excluding hydrogens is 264 g/mol. The zero-order valence-corrected chi connectivity index (χ0v) is 12.4. The van der Waals surface area contributed by atoms with Gasteiger partial charge in [0.05, 0.1) is 10.9 Å². The van der Waals surface area contributed by atoms with Crippen molar-refractivity contribution in [2.75, 3.05) is 11.6 Å².